The molecule has 0 spiro atoms. The molecule has 158 valence electrons. The normalized spacial score (nSPS) is 17.9. The van der Waals surface area contributed by atoms with Crippen LogP contribution < -0.4 is 0 Å². The van der Waals surface area contributed by atoms with Crippen molar-refractivity contribution in [2.45, 2.75) is 72.6 Å². The SMILES string of the molecule is CC(=CCCc1ccoc1)CCCC(C)C(=O)CCC(C)C=C1C=C(C)C(=O)O1. The van der Waals surface area contributed by atoms with Gasteiger partial charge < -0.3 is 9.15 Å². The lowest BCUT2D eigenvalue weighted by Gasteiger charge is -2.12. The van der Waals surface area contributed by atoms with Crippen LogP contribution in [0, 0.1) is 11.8 Å². The lowest BCUT2D eigenvalue weighted by atomic mass is 9.92. The number of aryl methyl sites for hydroxylation is 1. The first kappa shape index (κ1) is 22.9. The number of allylic oxidation sites excluding steroid dienone is 4. The van der Waals surface area contributed by atoms with E-state index < -0.39 is 0 Å². The fraction of sp³-hybridized carbons (Fsp3) is 0.520. The number of hydrogen-bond donors (Lipinski definition) is 0. The van der Waals surface area contributed by atoms with Gasteiger partial charge in [-0.25, -0.2) is 4.79 Å². The van der Waals surface area contributed by atoms with Crippen LogP contribution in [-0.2, 0) is 20.7 Å². The zero-order valence-electron chi connectivity index (χ0n) is 18.2. The molecule has 1 aromatic rings. The Morgan fingerprint density at radius 1 is 1.21 bits per heavy atom. The number of esters is 1. The summed E-state index contributed by atoms with van der Waals surface area (Å²) in [5.41, 5.74) is 3.25. The molecule has 4 nitrogen and oxygen atoms in total. The van der Waals surface area contributed by atoms with Crippen molar-refractivity contribution in [1.29, 1.82) is 0 Å². The predicted octanol–water partition coefficient (Wildman–Crippen LogP) is 6.34. The Hall–Kier alpha value is -2.36. The summed E-state index contributed by atoms with van der Waals surface area (Å²) >= 11 is 0. The number of carbonyl (C=O) groups excluding carboxylic acids is 2. The Bertz CT molecular complexity index is 765. The van der Waals surface area contributed by atoms with Crippen LogP contribution >= 0.6 is 0 Å². The summed E-state index contributed by atoms with van der Waals surface area (Å²) in [5, 5.41) is 0. The van der Waals surface area contributed by atoms with Crippen molar-refractivity contribution in [3.63, 3.8) is 0 Å². The maximum absolute atomic E-state index is 12.4. The molecular weight excluding hydrogens is 364 g/mol. The van der Waals surface area contributed by atoms with E-state index in [1.807, 2.05) is 19.1 Å². The van der Waals surface area contributed by atoms with Gasteiger partial charge in [0.2, 0.25) is 0 Å². The zero-order valence-corrected chi connectivity index (χ0v) is 18.2. The second-order valence-electron chi connectivity index (χ2n) is 8.28. The molecule has 2 unspecified atom stereocenters. The van der Waals surface area contributed by atoms with Crippen LogP contribution in [0.25, 0.3) is 0 Å². The molecule has 0 radical (unpaired) electrons. The third kappa shape index (κ3) is 8.26. The van der Waals surface area contributed by atoms with E-state index in [9.17, 15) is 9.59 Å². The topological polar surface area (TPSA) is 56.5 Å². The summed E-state index contributed by atoms with van der Waals surface area (Å²) in [4.78, 5) is 23.8. The number of carbonyl (C=O) groups is 2. The predicted molar refractivity (Wildman–Crippen MR) is 115 cm³/mol. The van der Waals surface area contributed by atoms with Crippen molar-refractivity contribution in [2.24, 2.45) is 11.8 Å². The molecule has 2 atom stereocenters. The summed E-state index contributed by atoms with van der Waals surface area (Å²) in [7, 11) is 0. The number of ketones is 1. The van der Waals surface area contributed by atoms with Crippen LogP contribution in [0.15, 0.2) is 58.1 Å². The molecule has 4 heteroatoms. The Morgan fingerprint density at radius 2 is 2.00 bits per heavy atom. The van der Waals surface area contributed by atoms with Gasteiger partial charge in [-0.15, -0.1) is 0 Å². The van der Waals surface area contributed by atoms with Gasteiger partial charge in [-0.05, 0) is 82.1 Å². The second-order valence-corrected chi connectivity index (χ2v) is 8.28. The molecule has 1 aromatic heterocycles. The average molecular weight is 399 g/mol. The summed E-state index contributed by atoms with van der Waals surface area (Å²) in [6.07, 6.45) is 15.9. The number of ether oxygens (including phenoxy) is 1. The van der Waals surface area contributed by atoms with E-state index in [0.29, 0.717) is 23.5 Å². The van der Waals surface area contributed by atoms with Crippen LogP contribution in [0.5, 0.6) is 0 Å². The first-order valence-corrected chi connectivity index (χ1v) is 10.7. The number of furan rings is 1. The van der Waals surface area contributed by atoms with Crippen molar-refractivity contribution < 1.29 is 18.7 Å². The molecule has 2 rings (SSSR count). The first-order valence-electron chi connectivity index (χ1n) is 10.7. The Morgan fingerprint density at radius 3 is 2.66 bits per heavy atom. The number of Topliss-reactive ketones (excluding diaryl/α,β-unsaturated/α-hetero) is 1. The minimum atomic E-state index is -0.279. The van der Waals surface area contributed by atoms with Gasteiger partial charge in [-0.1, -0.05) is 25.5 Å². The van der Waals surface area contributed by atoms with E-state index in [1.54, 1.807) is 25.5 Å². The molecule has 0 aromatic carbocycles. The molecule has 1 aliphatic heterocycles. The van der Waals surface area contributed by atoms with Crippen molar-refractivity contribution in [1.82, 2.24) is 0 Å². The number of cyclic esters (lactones) is 1. The Kier molecular flexibility index (Phi) is 9.17. The minimum Gasteiger partial charge on any atom is -0.472 e. The van der Waals surface area contributed by atoms with Gasteiger partial charge in [0.05, 0.1) is 12.5 Å². The van der Waals surface area contributed by atoms with Gasteiger partial charge in [0, 0.05) is 17.9 Å². The van der Waals surface area contributed by atoms with Crippen LogP contribution in [-0.4, -0.2) is 11.8 Å². The smallest absolute Gasteiger partial charge is 0.339 e. The molecule has 0 N–H and O–H groups in total. The van der Waals surface area contributed by atoms with E-state index >= 15 is 0 Å². The highest BCUT2D eigenvalue weighted by Crippen LogP contribution is 2.21. The van der Waals surface area contributed by atoms with Gasteiger partial charge in [-0.3, -0.25) is 4.79 Å². The summed E-state index contributed by atoms with van der Waals surface area (Å²) in [5.74, 6) is 0.956. The molecule has 0 amide bonds. The van der Waals surface area contributed by atoms with Crippen LogP contribution in [0.1, 0.15) is 71.8 Å². The van der Waals surface area contributed by atoms with Crippen molar-refractivity contribution in [3.8, 4) is 0 Å². The maximum atomic E-state index is 12.4. The summed E-state index contributed by atoms with van der Waals surface area (Å²) < 4.78 is 10.2. The largest absolute Gasteiger partial charge is 0.472 e. The highest BCUT2D eigenvalue weighted by Gasteiger charge is 2.18. The van der Waals surface area contributed by atoms with Gasteiger partial charge in [0.15, 0.2) is 0 Å². The lowest BCUT2D eigenvalue weighted by molar-refractivity contribution is -0.133. The molecule has 0 bridgehead atoms. The fourth-order valence-corrected chi connectivity index (χ4v) is 3.42. The molecule has 1 aliphatic rings. The molecule has 0 saturated carbocycles. The second kappa shape index (κ2) is 11.6. The number of rotatable bonds is 12. The lowest BCUT2D eigenvalue weighted by Crippen LogP contribution is -2.12. The van der Waals surface area contributed by atoms with Gasteiger partial charge in [-0.2, -0.15) is 0 Å². The quantitative estimate of drug-likeness (QED) is 0.305. The minimum absolute atomic E-state index is 0.0973. The van der Waals surface area contributed by atoms with Crippen LogP contribution in [0.4, 0.5) is 0 Å². The van der Waals surface area contributed by atoms with E-state index in [-0.39, 0.29) is 17.8 Å². The Labute approximate surface area is 174 Å². The van der Waals surface area contributed by atoms with Crippen molar-refractivity contribution in [2.75, 3.05) is 0 Å². The number of hydrogen-bond acceptors (Lipinski definition) is 4. The first-order chi connectivity index (χ1) is 13.8. The molecule has 0 fully saturated rings. The van der Waals surface area contributed by atoms with Gasteiger partial charge >= 0.3 is 5.97 Å². The van der Waals surface area contributed by atoms with E-state index in [1.165, 1.54) is 11.1 Å². The van der Waals surface area contributed by atoms with Crippen molar-refractivity contribution >= 4 is 11.8 Å². The molecule has 0 aliphatic carbocycles. The summed E-state index contributed by atoms with van der Waals surface area (Å²) in [6, 6.07) is 2.01. The van der Waals surface area contributed by atoms with Crippen LogP contribution in [0.2, 0.25) is 0 Å². The van der Waals surface area contributed by atoms with Gasteiger partial charge in [0.1, 0.15) is 11.5 Å². The highest BCUT2D eigenvalue weighted by atomic mass is 16.5. The van der Waals surface area contributed by atoms with Crippen molar-refractivity contribution in [3.05, 3.63) is 59.3 Å². The standard InChI is InChI=1S/C25H34O4/c1-18(8-6-10-22-13-14-28-17-22)7-5-9-20(3)24(26)12-11-19(2)15-23-16-21(4)25(27)29-23/h8,13-17,19-20H,5-7,9-12H2,1-4H3. The Balaban J connectivity index is 1.62. The average Bonchev–Trinajstić information content (AvgIpc) is 3.29. The third-order valence-corrected chi connectivity index (χ3v) is 5.45. The third-order valence-electron chi connectivity index (χ3n) is 5.45. The van der Waals surface area contributed by atoms with E-state index in [2.05, 4.69) is 19.9 Å². The molecule has 0 saturated heterocycles. The van der Waals surface area contributed by atoms with E-state index in [0.717, 1.165) is 38.5 Å². The van der Waals surface area contributed by atoms with Crippen LogP contribution in [0.3, 0.4) is 0 Å². The molecule has 2 heterocycles. The fourth-order valence-electron chi connectivity index (χ4n) is 3.42. The summed E-state index contributed by atoms with van der Waals surface area (Å²) in [6.45, 7) is 8.00. The molecular formula is C25H34O4. The molecule has 29 heavy (non-hydrogen) atoms. The maximum Gasteiger partial charge on any atom is 0.339 e. The zero-order chi connectivity index (χ0) is 21.2. The highest BCUT2D eigenvalue weighted by molar-refractivity contribution is 5.92. The van der Waals surface area contributed by atoms with E-state index in [4.69, 9.17) is 9.15 Å². The van der Waals surface area contributed by atoms with Gasteiger partial charge in [0.25, 0.3) is 0 Å². The monoisotopic (exact) mass is 398 g/mol.